The highest BCUT2D eigenvalue weighted by Gasteiger charge is 2.23. The van der Waals surface area contributed by atoms with Crippen molar-refractivity contribution in [3.05, 3.63) is 35.4 Å². The Balaban J connectivity index is 1.61. The number of amides is 3. The van der Waals surface area contributed by atoms with Gasteiger partial charge in [0.15, 0.2) is 0 Å². The lowest BCUT2D eigenvalue weighted by Crippen LogP contribution is -2.42. The molecule has 7 heteroatoms. The van der Waals surface area contributed by atoms with Crippen LogP contribution >= 0.6 is 0 Å². The molecule has 1 aliphatic rings. The zero-order chi connectivity index (χ0) is 22.1. The lowest BCUT2D eigenvalue weighted by molar-refractivity contribution is -0.132. The summed E-state index contributed by atoms with van der Waals surface area (Å²) in [4.78, 5) is 38.1. The first-order valence-corrected chi connectivity index (χ1v) is 10.7. The average Bonchev–Trinajstić information content (AvgIpc) is 2.67. The van der Waals surface area contributed by atoms with Crippen LogP contribution in [0.2, 0.25) is 0 Å². The molecule has 0 unspecified atom stereocenters. The quantitative estimate of drug-likeness (QED) is 0.714. The Morgan fingerprint density at radius 3 is 2.40 bits per heavy atom. The normalized spacial score (nSPS) is 14.9. The van der Waals surface area contributed by atoms with E-state index in [1.165, 1.54) is 0 Å². The molecule has 1 aliphatic heterocycles. The van der Waals surface area contributed by atoms with Crippen molar-refractivity contribution in [1.82, 2.24) is 15.5 Å². The highest BCUT2D eigenvalue weighted by atomic mass is 16.6. The van der Waals surface area contributed by atoms with Gasteiger partial charge >= 0.3 is 6.09 Å². The summed E-state index contributed by atoms with van der Waals surface area (Å²) in [7, 11) is 0. The Labute approximate surface area is 179 Å². The third kappa shape index (κ3) is 8.43. The summed E-state index contributed by atoms with van der Waals surface area (Å²) in [5, 5.41) is 5.52. The molecule has 30 heavy (non-hydrogen) atoms. The summed E-state index contributed by atoms with van der Waals surface area (Å²) >= 11 is 0. The maximum absolute atomic E-state index is 12.6. The van der Waals surface area contributed by atoms with Gasteiger partial charge in [-0.2, -0.15) is 0 Å². The number of aryl methyl sites for hydroxylation is 1. The Morgan fingerprint density at radius 2 is 1.77 bits per heavy atom. The molecule has 2 N–H and O–H groups in total. The highest BCUT2D eigenvalue weighted by molar-refractivity contribution is 5.79. The molecule has 1 aromatic carbocycles. The Hall–Kier alpha value is -2.57. The molecular formula is C23H35N3O4. The van der Waals surface area contributed by atoms with Crippen molar-refractivity contribution >= 4 is 17.9 Å². The highest BCUT2D eigenvalue weighted by Crippen LogP contribution is 2.18. The summed E-state index contributed by atoms with van der Waals surface area (Å²) in [6.07, 6.45) is 1.91. The molecule has 0 aliphatic carbocycles. The van der Waals surface area contributed by atoms with Gasteiger partial charge in [0.25, 0.3) is 0 Å². The van der Waals surface area contributed by atoms with Gasteiger partial charge in [0.1, 0.15) is 5.60 Å². The van der Waals surface area contributed by atoms with Crippen molar-refractivity contribution in [1.29, 1.82) is 0 Å². The number of nitrogens with one attached hydrogen (secondary N) is 2. The molecular weight excluding hydrogens is 382 g/mol. The zero-order valence-electron chi connectivity index (χ0n) is 18.6. The molecule has 1 heterocycles. The van der Waals surface area contributed by atoms with E-state index < -0.39 is 11.7 Å². The average molecular weight is 418 g/mol. The van der Waals surface area contributed by atoms with Crippen LogP contribution in [0.5, 0.6) is 0 Å². The fraction of sp³-hybridized carbons (Fsp3) is 0.609. The van der Waals surface area contributed by atoms with Gasteiger partial charge in [-0.3, -0.25) is 9.59 Å². The number of hydrogen-bond acceptors (Lipinski definition) is 4. The van der Waals surface area contributed by atoms with Gasteiger partial charge in [-0.05, 0) is 57.6 Å². The van der Waals surface area contributed by atoms with E-state index in [0.29, 0.717) is 18.9 Å². The van der Waals surface area contributed by atoms with Crippen molar-refractivity contribution in [3.8, 4) is 0 Å². The number of carbonyl (C=O) groups excluding carboxylic acids is 3. The predicted molar refractivity (Wildman–Crippen MR) is 116 cm³/mol. The van der Waals surface area contributed by atoms with Crippen molar-refractivity contribution < 1.29 is 19.1 Å². The molecule has 0 spiro atoms. The molecule has 0 radical (unpaired) electrons. The summed E-state index contributed by atoms with van der Waals surface area (Å²) in [5.41, 5.74) is 1.67. The van der Waals surface area contributed by atoms with Gasteiger partial charge in [0, 0.05) is 32.6 Å². The number of piperidine rings is 1. The summed E-state index contributed by atoms with van der Waals surface area (Å²) < 4.78 is 5.13. The molecule has 0 atom stereocenters. The Morgan fingerprint density at radius 1 is 1.10 bits per heavy atom. The first kappa shape index (κ1) is 23.7. The number of benzene rings is 1. The SMILES string of the molecule is Cc1ccccc1CC(=O)N1CCC(CNC(=O)CCNC(=O)OC(C)(C)C)CC1. The number of carbonyl (C=O) groups is 3. The molecule has 1 fully saturated rings. The van der Waals surface area contributed by atoms with E-state index in [9.17, 15) is 14.4 Å². The van der Waals surface area contributed by atoms with Gasteiger partial charge < -0.3 is 20.3 Å². The second-order valence-electron chi connectivity index (χ2n) is 8.91. The minimum Gasteiger partial charge on any atom is -0.444 e. The number of hydrogen-bond donors (Lipinski definition) is 2. The van der Waals surface area contributed by atoms with Crippen LogP contribution in [-0.4, -0.2) is 54.6 Å². The Kier molecular flexibility index (Phi) is 8.69. The number of nitrogens with zero attached hydrogens (tertiary/aromatic N) is 1. The van der Waals surface area contributed by atoms with Crippen LogP contribution in [0.15, 0.2) is 24.3 Å². The van der Waals surface area contributed by atoms with Crippen molar-refractivity contribution in [3.63, 3.8) is 0 Å². The second kappa shape index (κ2) is 11.0. The van der Waals surface area contributed by atoms with Crippen LogP contribution in [0.1, 0.15) is 51.2 Å². The standard InChI is InChI=1S/C23H35N3O4/c1-17-7-5-6-8-19(17)15-21(28)26-13-10-18(11-14-26)16-25-20(27)9-12-24-22(29)30-23(2,3)4/h5-8,18H,9-16H2,1-4H3,(H,24,29)(H,25,27). The maximum atomic E-state index is 12.6. The van der Waals surface area contributed by atoms with E-state index in [-0.39, 0.29) is 24.8 Å². The largest absolute Gasteiger partial charge is 0.444 e. The lowest BCUT2D eigenvalue weighted by Gasteiger charge is -2.32. The van der Waals surface area contributed by atoms with Crippen LogP contribution in [0.25, 0.3) is 0 Å². The van der Waals surface area contributed by atoms with Crippen LogP contribution in [0.3, 0.4) is 0 Å². The van der Waals surface area contributed by atoms with Crippen molar-refractivity contribution in [2.24, 2.45) is 5.92 Å². The third-order valence-electron chi connectivity index (χ3n) is 5.18. The number of alkyl carbamates (subject to hydrolysis) is 1. The van der Waals surface area contributed by atoms with Crippen LogP contribution in [0, 0.1) is 12.8 Å². The second-order valence-corrected chi connectivity index (χ2v) is 8.91. The van der Waals surface area contributed by atoms with E-state index in [2.05, 4.69) is 10.6 Å². The fourth-order valence-electron chi connectivity index (χ4n) is 3.41. The van der Waals surface area contributed by atoms with Crippen molar-refractivity contribution in [2.75, 3.05) is 26.2 Å². The van der Waals surface area contributed by atoms with Crippen molar-refractivity contribution in [2.45, 2.75) is 59.0 Å². The predicted octanol–water partition coefficient (Wildman–Crippen LogP) is 2.81. The smallest absolute Gasteiger partial charge is 0.407 e. The van der Waals surface area contributed by atoms with Gasteiger partial charge in [0.05, 0.1) is 6.42 Å². The summed E-state index contributed by atoms with van der Waals surface area (Å²) in [5.74, 6) is 0.444. The molecule has 0 aromatic heterocycles. The number of rotatable bonds is 7. The first-order chi connectivity index (χ1) is 14.1. The van der Waals surface area contributed by atoms with Crippen LogP contribution < -0.4 is 10.6 Å². The number of likely N-dealkylation sites (tertiary alicyclic amines) is 1. The molecule has 166 valence electrons. The van der Waals surface area contributed by atoms with E-state index in [1.807, 2.05) is 36.1 Å². The van der Waals surface area contributed by atoms with E-state index in [1.54, 1.807) is 20.8 Å². The number of ether oxygens (including phenoxy) is 1. The minimum atomic E-state index is -0.553. The molecule has 2 rings (SSSR count). The molecule has 0 saturated carbocycles. The van der Waals surface area contributed by atoms with E-state index in [4.69, 9.17) is 4.74 Å². The van der Waals surface area contributed by atoms with Gasteiger partial charge in [-0.1, -0.05) is 24.3 Å². The van der Waals surface area contributed by atoms with Gasteiger partial charge in [0.2, 0.25) is 11.8 Å². The van der Waals surface area contributed by atoms with Gasteiger partial charge in [-0.25, -0.2) is 4.79 Å². The minimum absolute atomic E-state index is 0.0934. The van der Waals surface area contributed by atoms with Crippen LogP contribution in [0.4, 0.5) is 4.79 Å². The van der Waals surface area contributed by atoms with Gasteiger partial charge in [-0.15, -0.1) is 0 Å². The third-order valence-corrected chi connectivity index (χ3v) is 5.18. The lowest BCUT2D eigenvalue weighted by atomic mass is 9.96. The van der Waals surface area contributed by atoms with E-state index in [0.717, 1.165) is 37.1 Å². The molecule has 0 bridgehead atoms. The fourth-order valence-corrected chi connectivity index (χ4v) is 3.41. The monoisotopic (exact) mass is 417 g/mol. The maximum Gasteiger partial charge on any atom is 0.407 e. The summed E-state index contributed by atoms with van der Waals surface area (Å²) in [6.45, 7) is 9.71. The Bertz CT molecular complexity index is 734. The molecule has 1 aromatic rings. The molecule has 7 nitrogen and oxygen atoms in total. The molecule has 3 amide bonds. The zero-order valence-corrected chi connectivity index (χ0v) is 18.6. The summed E-state index contributed by atoms with van der Waals surface area (Å²) in [6, 6.07) is 7.98. The van der Waals surface area contributed by atoms with Crippen LogP contribution in [-0.2, 0) is 20.7 Å². The topological polar surface area (TPSA) is 87.7 Å². The molecule has 1 saturated heterocycles. The van der Waals surface area contributed by atoms with E-state index >= 15 is 0 Å². The first-order valence-electron chi connectivity index (χ1n) is 10.7.